The SMILES string of the molecule is COC(=O)[C@H](Cc1ccc(N2C(=O)C3(CC3)c3cccc(OC)c32)cc1)NC(=O)c1c(Cl)cccc1Cl. The van der Waals surface area contributed by atoms with Crippen molar-refractivity contribution in [1.29, 1.82) is 0 Å². The minimum Gasteiger partial charge on any atom is -0.495 e. The van der Waals surface area contributed by atoms with Crippen molar-refractivity contribution in [2.75, 3.05) is 19.1 Å². The van der Waals surface area contributed by atoms with Gasteiger partial charge in [-0.1, -0.05) is 53.5 Å². The smallest absolute Gasteiger partial charge is 0.328 e. The van der Waals surface area contributed by atoms with Gasteiger partial charge in [0.2, 0.25) is 5.91 Å². The molecule has 37 heavy (non-hydrogen) atoms. The van der Waals surface area contributed by atoms with Crippen LogP contribution >= 0.6 is 23.2 Å². The second-order valence-corrected chi connectivity index (χ2v) is 9.91. The van der Waals surface area contributed by atoms with Crippen LogP contribution in [0.4, 0.5) is 11.4 Å². The first-order valence-electron chi connectivity index (χ1n) is 11.7. The van der Waals surface area contributed by atoms with Gasteiger partial charge in [-0.3, -0.25) is 14.5 Å². The van der Waals surface area contributed by atoms with E-state index in [9.17, 15) is 14.4 Å². The van der Waals surface area contributed by atoms with Crippen LogP contribution < -0.4 is 15.0 Å². The van der Waals surface area contributed by atoms with E-state index in [1.165, 1.54) is 7.11 Å². The van der Waals surface area contributed by atoms with E-state index in [1.54, 1.807) is 30.2 Å². The van der Waals surface area contributed by atoms with E-state index in [2.05, 4.69) is 5.32 Å². The number of rotatable bonds is 7. The summed E-state index contributed by atoms with van der Waals surface area (Å²) in [6.07, 6.45) is 1.80. The molecule has 190 valence electrons. The van der Waals surface area contributed by atoms with Gasteiger partial charge in [-0.2, -0.15) is 0 Å². The summed E-state index contributed by atoms with van der Waals surface area (Å²) in [6, 6.07) is 16.8. The largest absolute Gasteiger partial charge is 0.495 e. The maximum Gasteiger partial charge on any atom is 0.328 e. The topological polar surface area (TPSA) is 84.9 Å². The lowest BCUT2D eigenvalue weighted by molar-refractivity contribution is -0.142. The fourth-order valence-electron chi connectivity index (χ4n) is 4.89. The molecule has 2 aliphatic rings. The Morgan fingerprint density at radius 1 is 1.00 bits per heavy atom. The van der Waals surface area contributed by atoms with Gasteiger partial charge in [-0.05, 0) is 54.3 Å². The average Bonchev–Trinajstić information content (AvgIpc) is 3.66. The third kappa shape index (κ3) is 4.32. The van der Waals surface area contributed by atoms with Crippen molar-refractivity contribution in [2.45, 2.75) is 30.7 Å². The number of ether oxygens (including phenoxy) is 2. The molecule has 2 amide bonds. The van der Waals surface area contributed by atoms with Gasteiger partial charge < -0.3 is 14.8 Å². The summed E-state index contributed by atoms with van der Waals surface area (Å²) in [5, 5.41) is 3.03. The van der Waals surface area contributed by atoms with Gasteiger partial charge in [0, 0.05) is 12.1 Å². The molecule has 3 aromatic carbocycles. The Kier molecular flexibility index (Phi) is 6.60. The lowest BCUT2D eigenvalue weighted by Gasteiger charge is -2.21. The quantitative estimate of drug-likeness (QED) is 0.416. The summed E-state index contributed by atoms with van der Waals surface area (Å²) in [7, 11) is 2.85. The molecule has 1 fully saturated rings. The zero-order valence-electron chi connectivity index (χ0n) is 20.2. The van der Waals surface area contributed by atoms with Gasteiger partial charge in [0.1, 0.15) is 11.8 Å². The fraction of sp³-hybridized carbons (Fsp3) is 0.250. The zero-order chi connectivity index (χ0) is 26.3. The summed E-state index contributed by atoms with van der Waals surface area (Å²) in [6.45, 7) is 0. The normalized spacial score (nSPS) is 15.8. The molecule has 5 rings (SSSR count). The Labute approximate surface area is 224 Å². The van der Waals surface area contributed by atoms with Gasteiger partial charge in [0.15, 0.2) is 0 Å². The second kappa shape index (κ2) is 9.72. The van der Waals surface area contributed by atoms with Crippen molar-refractivity contribution < 1.29 is 23.9 Å². The number of para-hydroxylation sites is 1. The van der Waals surface area contributed by atoms with Crippen LogP contribution in [0, 0.1) is 0 Å². The number of nitrogens with one attached hydrogen (secondary N) is 1. The molecule has 0 bridgehead atoms. The summed E-state index contributed by atoms with van der Waals surface area (Å²) < 4.78 is 10.5. The van der Waals surface area contributed by atoms with Crippen molar-refractivity contribution in [3.8, 4) is 5.75 Å². The molecule has 1 saturated carbocycles. The molecule has 1 atom stereocenters. The second-order valence-electron chi connectivity index (χ2n) is 9.10. The van der Waals surface area contributed by atoms with Gasteiger partial charge in [-0.25, -0.2) is 4.79 Å². The first-order valence-corrected chi connectivity index (χ1v) is 12.5. The van der Waals surface area contributed by atoms with Crippen molar-refractivity contribution in [1.82, 2.24) is 5.32 Å². The van der Waals surface area contributed by atoms with Crippen LogP contribution in [0.25, 0.3) is 0 Å². The molecule has 1 aliphatic carbocycles. The molecule has 0 unspecified atom stereocenters. The molecular formula is C28H24Cl2N2O5. The predicted molar refractivity (Wildman–Crippen MR) is 141 cm³/mol. The Bertz CT molecular complexity index is 1380. The number of nitrogens with zero attached hydrogens (tertiary/aromatic N) is 1. The standard InChI is InChI=1S/C28H24Cl2N2O5/c1-36-22-8-3-5-18-24(22)32(27(35)28(18)13-14-28)17-11-9-16(10-12-17)15-21(26(34)37-2)31-25(33)23-19(29)6-4-7-20(23)30/h3-12,21H,13-15H2,1-2H3,(H,31,33)/t21-/m0/s1. The van der Waals surface area contributed by atoms with Crippen LogP contribution in [0.5, 0.6) is 5.75 Å². The maximum atomic E-state index is 13.5. The van der Waals surface area contributed by atoms with E-state index < -0.39 is 23.3 Å². The van der Waals surface area contributed by atoms with Crippen LogP contribution in [-0.4, -0.2) is 38.0 Å². The lowest BCUT2D eigenvalue weighted by Crippen LogP contribution is -2.43. The number of halogens is 2. The average molecular weight is 539 g/mol. The Morgan fingerprint density at radius 2 is 1.65 bits per heavy atom. The Morgan fingerprint density at radius 3 is 2.24 bits per heavy atom. The van der Waals surface area contributed by atoms with Crippen molar-refractivity contribution in [3.05, 3.63) is 87.4 Å². The van der Waals surface area contributed by atoms with E-state index in [0.717, 1.165) is 29.7 Å². The summed E-state index contributed by atoms with van der Waals surface area (Å²) in [4.78, 5) is 40.5. The minimum atomic E-state index is -0.973. The number of carbonyl (C=O) groups is 3. The van der Waals surface area contributed by atoms with Gasteiger partial charge in [-0.15, -0.1) is 0 Å². The first kappa shape index (κ1) is 25.1. The molecule has 9 heteroatoms. The van der Waals surface area contributed by atoms with Crippen molar-refractivity contribution in [2.24, 2.45) is 0 Å². The summed E-state index contributed by atoms with van der Waals surface area (Å²) >= 11 is 12.3. The van der Waals surface area contributed by atoms with Gasteiger partial charge >= 0.3 is 5.97 Å². The van der Waals surface area contributed by atoms with E-state index >= 15 is 0 Å². The highest BCUT2D eigenvalue weighted by molar-refractivity contribution is 6.39. The molecule has 7 nitrogen and oxygen atoms in total. The first-order chi connectivity index (χ1) is 17.8. The van der Waals surface area contributed by atoms with Crippen LogP contribution in [0.3, 0.4) is 0 Å². The van der Waals surface area contributed by atoms with E-state index in [-0.39, 0.29) is 27.9 Å². The molecule has 0 saturated heterocycles. The van der Waals surface area contributed by atoms with Gasteiger partial charge in [0.05, 0.1) is 40.9 Å². The Balaban J connectivity index is 1.39. The van der Waals surface area contributed by atoms with Gasteiger partial charge in [0.25, 0.3) is 5.91 Å². The molecule has 1 heterocycles. The number of hydrogen-bond donors (Lipinski definition) is 1. The van der Waals surface area contributed by atoms with E-state index in [0.29, 0.717) is 11.4 Å². The van der Waals surface area contributed by atoms with E-state index in [4.69, 9.17) is 32.7 Å². The number of hydrogen-bond acceptors (Lipinski definition) is 5. The highest BCUT2D eigenvalue weighted by Crippen LogP contribution is 2.61. The monoisotopic (exact) mass is 538 g/mol. The third-order valence-electron chi connectivity index (χ3n) is 6.94. The number of anilines is 2. The highest BCUT2D eigenvalue weighted by atomic mass is 35.5. The fourth-order valence-corrected chi connectivity index (χ4v) is 5.46. The van der Waals surface area contributed by atoms with Crippen molar-refractivity contribution >= 4 is 52.4 Å². The zero-order valence-corrected chi connectivity index (χ0v) is 21.7. The molecule has 0 radical (unpaired) electrons. The van der Waals surface area contributed by atoms with Crippen LogP contribution in [-0.2, 0) is 26.2 Å². The van der Waals surface area contributed by atoms with Crippen LogP contribution in [0.15, 0.2) is 60.7 Å². The minimum absolute atomic E-state index is 0.0380. The lowest BCUT2D eigenvalue weighted by atomic mass is 9.98. The summed E-state index contributed by atoms with van der Waals surface area (Å²) in [5.74, 6) is -0.505. The number of benzene rings is 3. The molecule has 0 aromatic heterocycles. The molecule has 3 aromatic rings. The molecule has 1 spiro atoms. The van der Waals surface area contributed by atoms with E-state index in [1.807, 2.05) is 42.5 Å². The van der Waals surface area contributed by atoms with Crippen LogP contribution in [0.2, 0.25) is 10.0 Å². The third-order valence-corrected chi connectivity index (χ3v) is 7.57. The highest BCUT2D eigenvalue weighted by Gasteiger charge is 2.60. The number of methoxy groups -OCH3 is 2. The van der Waals surface area contributed by atoms with Crippen LogP contribution in [0.1, 0.15) is 34.3 Å². The maximum absolute atomic E-state index is 13.5. The summed E-state index contributed by atoms with van der Waals surface area (Å²) in [5.41, 5.74) is 2.85. The number of amides is 2. The van der Waals surface area contributed by atoms with Crippen molar-refractivity contribution in [3.63, 3.8) is 0 Å². The number of carbonyl (C=O) groups excluding carboxylic acids is 3. The molecule has 1 aliphatic heterocycles. The molecular weight excluding hydrogens is 515 g/mol. The molecule has 1 N–H and O–H groups in total. The number of esters is 1. The predicted octanol–water partition coefficient (Wildman–Crippen LogP) is 5.23. The number of fused-ring (bicyclic) bond motifs is 2. The Hall–Kier alpha value is -3.55.